The number of nitrogens with one attached hydrogen (secondary N) is 2. The first-order valence-electron chi connectivity index (χ1n) is 8.71. The van der Waals surface area contributed by atoms with E-state index in [-0.39, 0.29) is 36.6 Å². The Morgan fingerprint density at radius 1 is 1.19 bits per heavy atom. The van der Waals surface area contributed by atoms with Crippen molar-refractivity contribution in [3.63, 3.8) is 0 Å². The molecule has 0 radical (unpaired) electrons. The highest BCUT2D eigenvalue weighted by Crippen LogP contribution is 2.26. The molecule has 0 bridgehead atoms. The zero-order valence-electron chi connectivity index (χ0n) is 14.5. The maximum Gasteiger partial charge on any atom is 0.241 e. The van der Waals surface area contributed by atoms with Crippen LogP contribution in [0.15, 0.2) is 47.1 Å². The molecule has 2 N–H and O–H groups in total. The van der Waals surface area contributed by atoms with Crippen LogP contribution in [0.1, 0.15) is 23.8 Å². The van der Waals surface area contributed by atoms with E-state index in [1.165, 1.54) is 18.4 Å². The molecule has 1 aromatic heterocycles. The van der Waals surface area contributed by atoms with E-state index in [0.29, 0.717) is 12.2 Å². The third kappa shape index (κ3) is 3.76. The lowest BCUT2D eigenvalue weighted by Gasteiger charge is -2.39. The van der Waals surface area contributed by atoms with Gasteiger partial charge >= 0.3 is 0 Å². The van der Waals surface area contributed by atoms with Gasteiger partial charge in [0, 0.05) is 19.1 Å². The molecule has 2 aliphatic heterocycles. The number of amides is 1. The van der Waals surface area contributed by atoms with Gasteiger partial charge in [-0.3, -0.25) is 4.79 Å². The molecule has 2 atom stereocenters. The van der Waals surface area contributed by atoms with Crippen LogP contribution in [-0.4, -0.2) is 43.6 Å². The van der Waals surface area contributed by atoms with Crippen LogP contribution in [0.25, 0.3) is 0 Å². The number of hydrogen-bond acceptors (Lipinski definition) is 6. The summed E-state index contributed by atoms with van der Waals surface area (Å²) in [6.07, 6.45) is 1.96. The number of nitrogens with zero attached hydrogens (tertiary/aromatic N) is 1. The molecule has 2 saturated heterocycles. The van der Waals surface area contributed by atoms with Crippen LogP contribution >= 0.6 is 0 Å². The van der Waals surface area contributed by atoms with Crippen molar-refractivity contribution < 1.29 is 22.0 Å². The van der Waals surface area contributed by atoms with E-state index in [1.807, 2.05) is 0 Å². The summed E-state index contributed by atoms with van der Waals surface area (Å²) in [6.45, 7) is 0.391. The Kier molecular flexibility index (Phi) is 4.75. The van der Waals surface area contributed by atoms with Gasteiger partial charge in [-0.1, -0.05) is 12.1 Å². The Bertz CT molecular complexity index is 909. The highest BCUT2D eigenvalue weighted by molar-refractivity contribution is 7.91. The van der Waals surface area contributed by atoms with E-state index in [0.717, 1.165) is 5.56 Å². The summed E-state index contributed by atoms with van der Waals surface area (Å²) in [6, 6.07) is 8.88. The summed E-state index contributed by atoms with van der Waals surface area (Å²) < 4.78 is 42.9. The first kappa shape index (κ1) is 18.1. The summed E-state index contributed by atoms with van der Waals surface area (Å²) in [4.78, 5) is 14.2. The van der Waals surface area contributed by atoms with Crippen molar-refractivity contribution in [2.45, 2.75) is 29.5 Å². The highest BCUT2D eigenvalue weighted by atomic mass is 32.2. The van der Waals surface area contributed by atoms with E-state index >= 15 is 0 Å². The number of carbonyl (C=O) groups is 1. The molecule has 1 aromatic carbocycles. The number of halogens is 1. The fourth-order valence-corrected chi connectivity index (χ4v) is 5.02. The van der Waals surface area contributed by atoms with Gasteiger partial charge in [-0.15, -0.1) is 0 Å². The largest absolute Gasteiger partial charge is 0.468 e. The number of rotatable bonds is 5. The summed E-state index contributed by atoms with van der Waals surface area (Å²) in [5.41, 5.74) is 6.90. The molecule has 27 heavy (non-hydrogen) atoms. The number of hydrazine groups is 1. The Morgan fingerprint density at radius 2 is 1.93 bits per heavy atom. The molecule has 7 nitrogen and oxygen atoms in total. The third-order valence-corrected chi connectivity index (χ3v) is 7.07. The van der Waals surface area contributed by atoms with Crippen molar-refractivity contribution in [1.29, 1.82) is 0 Å². The van der Waals surface area contributed by atoms with Crippen molar-refractivity contribution in [3.05, 3.63) is 59.8 Å². The fourth-order valence-electron chi connectivity index (χ4n) is 3.41. The zero-order chi connectivity index (χ0) is 19.0. The smallest absolute Gasteiger partial charge is 0.241 e. The van der Waals surface area contributed by atoms with Crippen molar-refractivity contribution in [3.8, 4) is 0 Å². The average Bonchev–Trinajstić information content (AvgIpc) is 3.25. The Morgan fingerprint density at radius 3 is 2.59 bits per heavy atom. The molecule has 3 heterocycles. The lowest BCUT2D eigenvalue weighted by molar-refractivity contribution is -0.136. The van der Waals surface area contributed by atoms with Crippen LogP contribution in [0.3, 0.4) is 0 Å². The molecule has 0 aliphatic carbocycles. The molecule has 0 saturated carbocycles. The SMILES string of the molecule is O=C(C1CC(c2ccc(F)cc2)NN1)N1CC(S(=O)(=O)Cc2ccco2)C1. The molecule has 2 unspecified atom stereocenters. The minimum atomic E-state index is -3.35. The van der Waals surface area contributed by atoms with Gasteiger partial charge in [0.2, 0.25) is 5.91 Å². The van der Waals surface area contributed by atoms with Crippen molar-refractivity contribution >= 4 is 15.7 Å². The third-order valence-electron chi connectivity index (χ3n) is 5.06. The highest BCUT2D eigenvalue weighted by Gasteiger charge is 2.43. The van der Waals surface area contributed by atoms with Crippen molar-refractivity contribution in [1.82, 2.24) is 15.8 Å². The van der Waals surface area contributed by atoms with Gasteiger partial charge in [-0.05, 0) is 36.2 Å². The Balaban J connectivity index is 1.31. The van der Waals surface area contributed by atoms with E-state index in [9.17, 15) is 17.6 Å². The molecule has 0 spiro atoms. The Labute approximate surface area is 156 Å². The second-order valence-corrected chi connectivity index (χ2v) is 9.21. The summed E-state index contributed by atoms with van der Waals surface area (Å²) in [7, 11) is -3.35. The van der Waals surface area contributed by atoms with Crippen LogP contribution in [0.4, 0.5) is 4.39 Å². The molecular formula is C18H20FN3O4S. The number of carbonyl (C=O) groups excluding carboxylic acids is 1. The number of furan rings is 1. The number of benzene rings is 1. The van der Waals surface area contributed by atoms with Crippen LogP contribution in [0, 0.1) is 5.82 Å². The van der Waals surface area contributed by atoms with E-state index in [4.69, 9.17) is 4.42 Å². The van der Waals surface area contributed by atoms with Gasteiger partial charge < -0.3 is 9.32 Å². The predicted molar refractivity (Wildman–Crippen MR) is 95.5 cm³/mol. The number of sulfone groups is 1. The fraction of sp³-hybridized carbons (Fsp3) is 0.389. The van der Waals surface area contributed by atoms with Crippen LogP contribution in [0.5, 0.6) is 0 Å². The standard InChI is InChI=1S/C18H20FN3O4S/c19-13-5-3-12(4-6-13)16-8-17(21-20-16)18(23)22-9-15(10-22)27(24,25)11-14-2-1-7-26-14/h1-7,15-17,20-21H,8-11H2. The minimum Gasteiger partial charge on any atom is -0.468 e. The van der Waals surface area contributed by atoms with Gasteiger partial charge in [0.15, 0.2) is 9.84 Å². The quantitative estimate of drug-likeness (QED) is 0.792. The van der Waals surface area contributed by atoms with Crippen LogP contribution in [-0.2, 0) is 20.4 Å². The first-order chi connectivity index (χ1) is 12.9. The van der Waals surface area contributed by atoms with E-state index < -0.39 is 21.1 Å². The topological polar surface area (TPSA) is 91.7 Å². The van der Waals surface area contributed by atoms with Crippen molar-refractivity contribution in [2.24, 2.45) is 0 Å². The molecule has 4 rings (SSSR count). The number of likely N-dealkylation sites (tertiary alicyclic amines) is 1. The van der Waals surface area contributed by atoms with Gasteiger partial charge in [0.1, 0.15) is 23.4 Å². The van der Waals surface area contributed by atoms with Crippen LogP contribution in [0.2, 0.25) is 0 Å². The van der Waals surface area contributed by atoms with Crippen LogP contribution < -0.4 is 10.9 Å². The maximum absolute atomic E-state index is 13.0. The Hall–Kier alpha value is -2.23. The van der Waals surface area contributed by atoms with Gasteiger partial charge in [-0.2, -0.15) is 0 Å². The minimum absolute atomic E-state index is 0.0979. The maximum atomic E-state index is 13.0. The predicted octanol–water partition coefficient (Wildman–Crippen LogP) is 1.15. The molecular weight excluding hydrogens is 373 g/mol. The van der Waals surface area contributed by atoms with E-state index in [1.54, 1.807) is 29.2 Å². The van der Waals surface area contributed by atoms with Crippen molar-refractivity contribution in [2.75, 3.05) is 13.1 Å². The zero-order valence-corrected chi connectivity index (χ0v) is 15.3. The van der Waals surface area contributed by atoms with Gasteiger partial charge in [0.05, 0.1) is 11.5 Å². The molecule has 1 amide bonds. The molecule has 2 aromatic rings. The van der Waals surface area contributed by atoms with Gasteiger partial charge in [-0.25, -0.2) is 23.7 Å². The van der Waals surface area contributed by atoms with E-state index in [2.05, 4.69) is 10.9 Å². The molecule has 2 fully saturated rings. The normalized spacial score (nSPS) is 23.4. The van der Waals surface area contributed by atoms with Gasteiger partial charge in [0.25, 0.3) is 0 Å². The molecule has 144 valence electrons. The monoisotopic (exact) mass is 393 g/mol. The second kappa shape index (κ2) is 7.06. The average molecular weight is 393 g/mol. The summed E-state index contributed by atoms with van der Waals surface area (Å²) in [5.74, 6) is -0.178. The summed E-state index contributed by atoms with van der Waals surface area (Å²) >= 11 is 0. The summed E-state index contributed by atoms with van der Waals surface area (Å²) in [5, 5.41) is -0.561. The molecule has 2 aliphatic rings. The second-order valence-electron chi connectivity index (χ2n) is 6.93. The molecule has 9 heteroatoms. The number of hydrogen-bond donors (Lipinski definition) is 2. The lowest BCUT2D eigenvalue weighted by Crippen LogP contribution is -2.60. The first-order valence-corrected chi connectivity index (χ1v) is 10.4. The lowest BCUT2D eigenvalue weighted by atomic mass is 10.0.